The molecule has 0 atom stereocenters. The molecule has 72 valence electrons. The van der Waals surface area contributed by atoms with Gasteiger partial charge in [-0.25, -0.2) is 4.98 Å². The van der Waals surface area contributed by atoms with Gasteiger partial charge < -0.3 is 4.90 Å². The first kappa shape index (κ1) is 9.01. The molecule has 2 rings (SSSR count). The molecule has 0 saturated heterocycles. The Balaban J connectivity index is 2.33. The van der Waals surface area contributed by atoms with Crippen LogP contribution in [0.15, 0.2) is 18.3 Å². The first-order chi connectivity index (χ1) is 6.86. The molecule has 1 heterocycles. The van der Waals surface area contributed by atoms with E-state index in [4.69, 9.17) is 5.26 Å². The van der Waals surface area contributed by atoms with Crippen molar-refractivity contribution in [1.29, 1.82) is 5.26 Å². The zero-order valence-electron chi connectivity index (χ0n) is 8.27. The number of nitrogens with zero attached hydrogens (tertiary/aromatic N) is 3. The summed E-state index contributed by atoms with van der Waals surface area (Å²) in [5.74, 6) is 0. The van der Waals surface area contributed by atoms with Gasteiger partial charge in [-0.1, -0.05) is 0 Å². The van der Waals surface area contributed by atoms with Gasteiger partial charge >= 0.3 is 0 Å². The molecule has 1 saturated carbocycles. The maximum absolute atomic E-state index is 8.93. The van der Waals surface area contributed by atoms with Crippen molar-refractivity contribution in [3.8, 4) is 6.07 Å². The van der Waals surface area contributed by atoms with Crippen LogP contribution in [0.2, 0.25) is 0 Å². The zero-order valence-corrected chi connectivity index (χ0v) is 8.27. The number of anilines is 1. The van der Waals surface area contributed by atoms with E-state index in [1.165, 1.54) is 12.8 Å². The number of hydrogen-bond acceptors (Lipinski definition) is 3. The van der Waals surface area contributed by atoms with E-state index >= 15 is 0 Å². The van der Waals surface area contributed by atoms with Crippen molar-refractivity contribution in [3.63, 3.8) is 0 Å². The van der Waals surface area contributed by atoms with Gasteiger partial charge in [0.2, 0.25) is 0 Å². The lowest BCUT2D eigenvalue weighted by Crippen LogP contribution is -2.26. The van der Waals surface area contributed by atoms with E-state index in [-0.39, 0.29) is 0 Å². The number of rotatable bonds is 3. The van der Waals surface area contributed by atoms with Crippen LogP contribution in [0.25, 0.3) is 0 Å². The quantitative estimate of drug-likeness (QED) is 0.726. The summed E-state index contributed by atoms with van der Waals surface area (Å²) in [6, 6.07) is 6.65. The minimum absolute atomic E-state index is 0.543. The Labute approximate surface area is 84.0 Å². The Morgan fingerprint density at radius 1 is 1.64 bits per heavy atom. The van der Waals surface area contributed by atoms with E-state index in [1.54, 1.807) is 6.20 Å². The third-order valence-electron chi connectivity index (χ3n) is 2.53. The van der Waals surface area contributed by atoms with Crippen LogP contribution < -0.4 is 4.90 Å². The molecule has 14 heavy (non-hydrogen) atoms. The molecule has 3 heteroatoms. The summed E-state index contributed by atoms with van der Waals surface area (Å²) in [7, 11) is 0. The lowest BCUT2D eigenvalue weighted by atomic mass is 10.2. The summed E-state index contributed by atoms with van der Waals surface area (Å²) in [4.78, 5) is 6.34. The van der Waals surface area contributed by atoms with Crippen LogP contribution >= 0.6 is 0 Å². The minimum Gasteiger partial charge on any atom is -0.366 e. The summed E-state index contributed by atoms with van der Waals surface area (Å²) >= 11 is 0. The van der Waals surface area contributed by atoms with Crippen molar-refractivity contribution in [3.05, 3.63) is 24.0 Å². The number of nitriles is 1. The molecule has 0 N–H and O–H groups in total. The molecular weight excluding hydrogens is 174 g/mol. The molecule has 1 aromatic heterocycles. The topological polar surface area (TPSA) is 39.9 Å². The van der Waals surface area contributed by atoms with Crippen molar-refractivity contribution in [1.82, 2.24) is 4.98 Å². The third-order valence-corrected chi connectivity index (χ3v) is 2.53. The van der Waals surface area contributed by atoms with Gasteiger partial charge in [0.15, 0.2) is 5.69 Å². The summed E-state index contributed by atoms with van der Waals surface area (Å²) in [6.07, 6.45) is 4.16. The van der Waals surface area contributed by atoms with Crippen molar-refractivity contribution in [2.24, 2.45) is 0 Å². The predicted molar refractivity (Wildman–Crippen MR) is 55.0 cm³/mol. The maximum atomic E-state index is 8.93. The highest BCUT2D eigenvalue weighted by atomic mass is 15.2. The highest BCUT2D eigenvalue weighted by molar-refractivity contribution is 5.57. The fourth-order valence-electron chi connectivity index (χ4n) is 1.73. The molecule has 3 nitrogen and oxygen atoms in total. The molecule has 0 unspecified atom stereocenters. The van der Waals surface area contributed by atoms with E-state index in [1.807, 2.05) is 12.1 Å². The molecule has 1 aliphatic carbocycles. The molecule has 0 amide bonds. The smallest absolute Gasteiger partial charge is 0.163 e. The first-order valence-electron chi connectivity index (χ1n) is 4.98. The lowest BCUT2D eigenvalue weighted by Gasteiger charge is -2.22. The second kappa shape index (κ2) is 3.67. The van der Waals surface area contributed by atoms with Gasteiger partial charge in [-0.2, -0.15) is 5.26 Å². The van der Waals surface area contributed by atoms with Gasteiger partial charge in [-0.05, 0) is 31.9 Å². The second-order valence-corrected chi connectivity index (χ2v) is 3.50. The number of hydrogen-bond donors (Lipinski definition) is 0. The molecule has 1 aliphatic rings. The van der Waals surface area contributed by atoms with Gasteiger partial charge in [0, 0.05) is 18.8 Å². The van der Waals surface area contributed by atoms with Gasteiger partial charge in [0.05, 0.1) is 5.69 Å². The fraction of sp³-hybridized carbons (Fsp3) is 0.455. The van der Waals surface area contributed by atoms with Gasteiger partial charge in [-0.3, -0.25) is 0 Å². The Kier molecular flexibility index (Phi) is 2.36. The van der Waals surface area contributed by atoms with Crippen LogP contribution in [0.1, 0.15) is 25.5 Å². The summed E-state index contributed by atoms with van der Waals surface area (Å²) in [5, 5.41) is 8.93. The Morgan fingerprint density at radius 2 is 2.43 bits per heavy atom. The maximum Gasteiger partial charge on any atom is 0.163 e. The van der Waals surface area contributed by atoms with Crippen molar-refractivity contribution in [2.45, 2.75) is 25.8 Å². The monoisotopic (exact) mass is 187 g/mol. The SMILES string of the molecule is CCN(c1cccnc1C#N)C1CC1. The van der Waals surface area contributed by atoms with Gasteiger partial charge in [0.1, 0.15) is 6.07 Å². The largest absolute Gasteiger partial charge is 0.366 e. The van der Waals surface area contributed by atoms with Gasteiger partial charge in [-0.15, -0.1) is 0 Å². The van der Waals surface area contributed by atoms with Crippen LogP contribution in [0.3, 0.4) is 0 Å². The van der Waals surface area contributed by atoms with Crippen LogP contribution in [0, 0.1) is 11.3 Å². The summed E-state index contributed by atoms with van der Waals surface area (Å²) in [5.41, 5.74) is 1.53. The average molecular weight is 187 g/mol. The minimum atomic E-state index is 0.543. The van der Waals surface area contributed by atoms with Crippen molar-refractivity contribution >= 4 is 5.69 Å². The highest BCUT2D eigenvalue weighted by Gasteiger charge is 2.29. The molecule has 0 aliphatic heterocycles. The summed E-state index contributed by atoms with van der Waals surface area (Å²) < 4.78 is 0. The van der Waals surface area contributed by atoms with E-state index in [0.29, 0.717) is 11.7 Å². The first-order valence-corrected chi connectivity index (χ1v) is 4.98. The van der Waals surface area contributed by atoms with E-state index in [2.05, 4.69) is 22.9 Å². The van der Waals surface area contributed by atoms with E-state index < -0.39 is 0 Å². The second-order valence-electron chi connectivity index (χ2n) is 3.50. The number of aromatic nitrogens is 1. The van der Waals surface area contributed by atoms with Crippen LogP contribution in [-0.4, -0.2) is 17.6 Å². The highest BCUT2D eigenvalue weighted by Crippen LogP contribution is 2.32. The van der Waals surface area contributed by atoms with E-state index in [0.717, 1.165) is 12.2 Å². The normalized spacial score (nSPS) is 14.9. The Hall–Kier alpha value is -1.56. The Morgan fingerprint density at radius 3 is 3.00 bits per heavy atom. The van der Waals surface area contributed by atoms with Crippen LogP contribution in [0.5, 0.6) is 0 Å². The molecule has 0 radical (unpaired) electrons. The van der Waals surface area contributed by atoms with Crippen molar-refractivity contribution < 1.29 is 0 Å². The fourth-order valence-corrected chi connectivity index (χ4v) is 1.73. The van der Waals surface area contributed by atoms with Crippen LogP contribution in [0.4, 0.5) is 5.69 Å². The molecule has 0 bridgehead atoms. The Bertz CT molecular complexity index is 363. The molecule has 0 spiro atoms. The molecule has 1 aromatic rings. The van der Waals surface area contributed by atoms with Crippen molar-refractivity contribution in [2.75, 3.05) is 11.4 Å². The molecular formula is C11H13N3. The standard InChI is InChI=1S/C11H13N3/c1-2-14(9-5-6-9)11-4-3-7-13-10(11)8-12/h3-4,7,9H,2,5-6H2,1H3. The van der Waals surface area contributed by atoms with Gasteiger partial charge in [0.25, 0.3) is 0 Å². The predicted octanol–water partition coefficient (Wildman–Crippen LogP) is 1.94. The average Bonchev–Trinajstić information content (AvgIpc) is 3.04. The third kappa shape index (κ3) is 1.56. The molecule has 0 aromatic carbocycles. The zero-order chi connectivity index (χ0) is 9.97. The van der Waals surface area contributed by atoms with E-state index in [9.17, 15) is 0 Å². The summed E-state index contributed by atoms with van der Waals surface area (Å²) in [6.45, 7) is 3.07. The molecule has 1 fully saturated rings. The number of pyridine rings is 1. The lowest BCUT2D eigenvalue weighted by molar-refractivity contribution is 0.821. The van der Waals surface area contributed by atoms with Crippen LogP contribution in [-0.2, 0) is 0 Å².